The third kappa shape index (κ3) is 2.91. The van der Waals surface area contributed by atoms with Crippen LogP contribution in [-0.4, -0.2) is 0 Å². The third-order valence-electron chi connectivity index (χ3n) is 3.24. The number of hydrogen-bond donors (Lipinski definition) is 0. The van der Waals surface area contributed by atoms with Crippen LogP contribution >= 0.6 is 11.6 Å². The first-order valence-electron chi connectivity index (χ1n) is 6.60. The van der Waals surface area contributed by atoms with E-state index in [0.29, 0.717) is 22.1 Å². The van der Waals surface area contributed by atoms with E-state index in [1.165, 1.54) is 12.1 Å². The summed E-state index contributed by atoms with van der Waals surface area (Å²) in [6.45, 7) is 2.01. The van der Waals surface area contributed by atoms with Gasteiger partial charge in [0, 0.05) is 23.3 Å². The summed E-state index contributed by atoms with van der Waals surface area (Å²) in [6.07, 6.45) is 0. The van der Waals surface area contributed by atoms with Crippen molar-refractivity contribution in [2.75, 3.05) is 0 Å². The molecule has 0 unspecified atom stereocenters. The van der Waals surface area contributed by atoms with Crippen molar-refractivity contribution in [1.29, 1.82) is 0 Å². The first-order valence-corrected chi connectivity index (χ1v) is 6.98. The van der Waals surface area contributed by atoms with Crippen molar-refractivity contribution in [3.05, 3.63) is 81.5 Å². The Balaban J connectivity index is 2.15. The lowest BCUT2D eigenvalue weighted by Crippen LogP contribution is -1.98. The lowest BCUT2D eigenvalue weighted by atomic mass is 10.1. The van der Waals surface area contributed by atoms with Crippen molar-refractivity contribution in [1.82, 2.24) is 0 Å². The quantitative estimate of drug-likeness (QED) is 0.671. The molecule has 0 aliphatic carbocycles. The maximum atomic E-state index is 11.9. The van der Waals surface area contributed by atoms with Crippen molar-refractivity contribution in [2.24, 2.45) is 0 Å². The molecule has 0 bridgehead atoms. The van der Waals surface area contributed by atoms with Crippen molar-refractivity contribution >= 4 is 11.6 Å². The van der Waals surface area contributed by atoms with E-state index in [-0.39, 0.29) is 5.43 Å². The summed E-state index contributed by atoms with van der Waals surface area (Å²) in [5.74, 6) is 1.01. The highest BCUT2D eigenvalue weighted by atomic mass is 35.5. The molecule has 0 amide bonds. The van der Waals surface area contributed by atoms with Gasteiger partial charge in [-0.3, -0.25) is 4.79 Å². The second-order valence-electron chi connectivity index (χ2n) is 4.87. The Morgan fingerprint density at radius 2 is 1.57 bits per heavy atom. The molecule has 3 aromatic rings. The minimum absolute atomic E-state index is 0.105. The van der Waals surface area contributed by atoms with Crippen molar-refractivity contribution in [2.45, 2.75) is 6.92 Å². The van der Waals surface area contributed by atoms with Crippen LogP contribution < -0.4 is 5.43 Å². The summed E-state index contributed by atoms with van der Waals surface area (Å²) >= 11 is 6.17. The third-order valence-corrected chi connectivity index (χ3v) is 3.57. The van der Waals surface area contributed by atoms with Crippen LogP contribution in [0.5, 0.6) is 0 Å². The summed E-state index contributed by atoms with van der Waals surface area (Å²) < 4.78 is 5.87. The van der Waals surface area contributed by atoms with Crippen LogP contribution in [0, 0.1) is 6.92 Å². The SMILES string of the molecule is Cc1ccc(-c2cc(=O)cc(-c3ccccc3Cl)o2)cc1. The highest BCUT2D eigenvalue weighted by Gasteiger charge is 2.09. The topological polar surface area (TPSA) is 30.2 Å². The molecule has 0 atom stereocenters. The van der Waals surface area contributed by atoms with Crippen LogP contribution in [0.2, 0.25) is 5.02 Å². The maximum absolute atomic E-state index is 11.9. The molecular formula is C18H13ClO2. The molecule has 21 heavy (non-hydrogen) atoms. The molecule has 0 saturated carbocycles. The Morgan fingerprint density at radius 3 is 2.29 bits per heavy atom. The van der Waals surface area contributed by atoms with E-state index in [1.54, 1.807) is 6.07 Å². The average molecular weight is 297 g/mol. The van der Waals surface area contributed by atoms with E-state index in [0.717, 1.165) is 11.1 Å². The molecular weight excluding hydrogens is 284 g/mol. The van der Waals surface area contributed by atoms with Gasteiger partial charge in [-0.05, 0) is 19.1 Å². The molecule has 3 rings (SSSR count). The molecule has 2 aromatic carbocycles. The van der Waals surface area contributed by atoms with Gasteiger partial charge in [0.25, 0.3) is 0 Å². The van der Waals surface area contributed by atoms with Crippen LogP contribution in [-0.2, 0) is 0 Å². The first kappa shape index (κ1) is 13.7. The van der Waals surface area contributed by atoms with E-state index >= 15 is 0 Å². The van der Waals surface area contributed by atoms with Gasteiger partial charge in [-0.2, -0.15) is 0 Å². The Bertz CT molecular complexity index is 832. The minimum atomic E-state index is -0.105. The van der Waals surface area contributed by atoms with E-state index in [9.17, 15) is 4.79 Å². The number of halogens is 1. The van der Waals surface area contributed by atoms with Gasteiger partial charge in [0.2, 0.25) is 0 Å². The average Bonchev–Trinajstić information content (AvgIpc) is 2.48. The molecule has 0 radical (unpaired) electrons. The van der Waals surface area contributed by atoms with Crippen molar-refractivity contribution < 1.29 is 4.42 Å². The number of rotatable bonds is 2. The highest BCUT2D eigenvalue weighted by Crippen LogP contribution is 2.29. The predicted molar refractivity (Wildman–Crippen MR) is 85.6 cm³/mol. The van der Waals surface area contributed by atoms with Crippen LogP contribution in [0.15, 0.2) is 69.9 Å². The largest absolute Gasteiger partial charge is 0.456 e. The molecule has 0 aliphatic heterocycles. The molecule has 0 N–H and O–H groups in total. The molecule has 0 spiro atoms. The number of hydrogen-bond acceptors (Lipinski definition) is 2. The van der Waals surface area contributed by atoms with E-state index < -0.39 is 0 Å². The zero-order chi connectivity index (χ0) is 14.8. The van der Waals surface area contributed by atoms with Gasteiger partial charge in [0.1, 0.15) is 11.5 Å². The van der Waals surface area contributed by atoms with Crippen LogP contribution in [0.3, 0.4) is 0 Å². The smallest absolute Gasteiger partial charge is 0.186 e. The maximum Gasteiger partial charge on any atom is 0.186 e. The Morgan fingerprint density at radius 1 is 0.905 bits per heavy atom. The zero-order valence-electron chi connectivity index (χ0n) is 11.5. The van der Waals surface area contributed by atoms with Gasteiger partial charge >= 0.3 is 0 Å². The summed E-state index contributed by atoms with van der Waals surface area (Å²) in [7, 11) is 0. The summed E-state index contributed by atoms with van der Waals surface area (Å²) in [4.78, 5) is 11.9. The Kier molecular flexibility index (Phi) is 3.63. The minimum Gasteiger partial charge on any atom is -0.456 e. The fraction of sp³-hybridized carbons (Fsp3) is 0.0556. The van der Waals surface area contributed by atoms with E-state index in [1.807, 2.05) is 49.4 Å². The van der Waals surface area contributed by atoms with E-state index in [2.05, 4.69) is 0 Å². The second kappa shape index (κ2) is 5.58. The predicted octanol–water partition coefficient (Wildman–Crippen LogP) is 4.94. The van der Waals surface area contributed by atoms with Crippen LogP contribution in [0.4, 0.5) is 0 Å². The van der Waals surface area contributed by atoms with Crippen LogP contribution in [0.25, 0.3) is 22.6 Å². The first-order chi connectivity index (χ1) is 10.1. The molecule has 1 aromatic heterocycles. The van der Waals surface area contributed by atoms with Gasteiger partial charge in [-0.1, -0.05) is 53.6 Å². The molecule has 3 heteroatoms. The van der Waals surface area contributed by atoms with Gasteiger partial charge in [0.05, 0.1) is 5.02 Å². The number of benzene rings is 2. The highest BCUT2D eigenvalue weighted by molar-refractivity contribution is 6.33. The summed E-state index contributed by atoms with van der Waals surface area (Å²) in [5.41, 5.74) is 2.63. The Labute approximate surface area is 127 Å². The van der Waals surface area contributed by atoms with Crippen molar-refractivity contribution in [3.63, 3.8) is 0 Å². The molecule has 0 fully saturated rings. The molecule has 0 saturated heterocycles. The summed E-state index contributed by atoms with van der Waals surface area (Å²) in [5, 5.41) is 0.557. The van der Waals surface area contributed by atoms with Crippen LogP contribution in [0.1, 0.15) is 5.56 Å². The molecule has 1 heterocycles. The number of aryl methyl sites for hydroxylation is 1. The molecule has 0 aliphatic rings. The monoisotopic (exact) mass is 296 g/mol. The fourth-order valence-electron chi connectivity index (χ4n) is 2.13. The summed E-state index contributed by atoms with van der Waals surface area (Å²) in [6, 6.07) is 18.1. The second-order valence-corrected chi connectivity index (χ2v) is 5.27. The lowest BCUT2D eigenvalue weighted by molar-refractivity contribution is 0.580. The Hall–Kier alpha value is -2.32. The fourth-order valence-corrected chi connectivity index (χ4v) is 2.36. The molecule has 2 nitrogen and oxygen atoms in total. The standard InChI is InChI=1S/C18H13ClO2/c1-12-6-8-13(9-7-12)17-10-14(20)11-18(21-17)15-4-2-3-5-16(15)19/h2-11H,1H3. The van der Waals surface area contributed by atoms with E-state index in [4.69, 9.17) is 16.0 Å². The van der Waals surface area contributed by atoms with Gasteiger partial charge < -0.3 is 4.42 Å². The van der Waals surface area contributed by atoms with Gasteiger partial charge in [0.15, 0.2) is 5.43 Å². The molecule has 104 valence electrons. The van der Waals surface area contributed by atoms with Gasteiger partial charge in [-0.15, -0.1) is 0 Å². The van der Waals surface area contributed by atoms with Gasteiger partial charge in [-0.25, -0.2) is 0 Å². The lowest BCUT2D eigenvalue weighted by Gasteiger charge is -2.06. The zero-order valence-corrected chi connectivity index (χ0v) is 12.2. The van der Waals surface area contributed by atoms with Crippen molar-refractivity contribution in [3.8, 4) is 22.6 Å². The normalized spacial score (nSPS) is 10.6.